The highest BCUT2D eigenvalue weighted by Crippen LogP contribution is 2.43. The Morgan fingerprint density at radius 2 is 1.68 bits per heavy atom. The van der Waals surface area contributed by atoms with Gasteiger partial charge >= 0.3 is 5.97 Å². The maximum Gasteiger partial charge on any atom is 0.375 e. The molecule has 0 aliphatic carbocycles. The van der Waals surface area contributed by atoms with Crippen LogP contribution in [0.25, 0.3) is 5.57 Å². The van der Waals surface area contributed by atoms with Gasteiger partial charge < -0.3 is 9.47 Å². The fourth-order valence-corrected chi connectivity index (χ4v) is 3.95. The lowest BCUT2D eigenvalue weighted by molar-refractivity contribution is -0.147. The van der Waals surface area contributed by atoms with Crippen LogP contribution in [0.15, 0.2) is 59.2 Å². The summed E-state index contributed by atoms with van der Waals surface area (Å²) in [5, 5.41) is 0. The molecule has 1 aliphatic rings. The van der Waals surface area contributed by atoms with Gasteiger partial charge in [-0.25, -0.2) is 17.6 Å². The first-order valence-corrected chi connectivity index (χ1v) is 10.8. The van der Waals surface area contributed by atoms with E-state index in [-0.39, 0.29) is 10.7 Å². The molecule has 2 aromatic rings. The van der Waals surface area contributed by atoms with Gasteiger partial charge in [-0.15, -0.1) is 0 Å². The minimum Gasteiger partial charge on any atom is -0.449 e. The van der Waals surface area contributed by atoms with Gasteiger partial charge in [0.05, 0.1) is 10.5 Å². The maximum absolute atomic E-state index is 13.2. The first-order chi connectivity index (χ1) is 13.1. The second-order valence-corrected chi connectivity index (χ2v) is 8.94. The molecule has 1 unspecified atom stereocenters. The van der Waals surface area contributed by atoms with Crippen LogP contribution in [-0.4, -0.2) is 26.2 Å². The Bertz CT molecular complexity index is 1020. The lowest BCUT2D eigenvalue weighted by Gasteiger charge is -2.26. The van der Waals surface area contributed by atoms with Crippen LogP contribution < -0.4 is 4.74 Å². The number of cyclic esters (lactones) is 1. The monoisotopic (exact) mass is 404 g/mol. The molecule has 5 nitrogen and oxygen atoms in total. The van der Waals surface area contributed by atoms with Crippen molar-refractivity contribution in [3.63, 3.8) is 0 Å². The second kappa shape index (κ2) is 7.39. The highest BCUT2D eigenvalue weighted by Gasteiger charge is 2.45. The third-order valence-corrected chi connectivity index (χ3v) is 5.72. The van der Waals surface area contributed by atoms with E-state index in [0.717, 1.165) is 12.7 Å². The van der Waals surface area contributed by atoms with E-state index in [2.05, 4.69) is 0 Å². The molecule has 0 amide bonds. The van der Waals surface area contributed by atoms with Crippen molar-refractivity contribution in [1.82, 2.24) is 0 Å². The number of rotatable bonds is 6. The summed E-state index contributed by atoms with van der Waals surface area (Å²) in [6.07, 6.45) is 2.46. The SMILES string of the molecule is CCCC1(C)OC(=O)C(Oc2ccc(F)cc2)=C1c1ccc(S(C)(=O)=O)cc1. The Balaban J connectivity index is 2.11. The van der Waals surface area contributed by atoms with E-state index in [1.54, 1.807) is 19.1 Å². The van der Waals surface area contributed by atoms with Gasteiger partial charge in [0, 0.05) is 6.26 Å². The number of esters is 1. The van der Waals surface area contributed by atoms with Crippen LogP contribution in [0.4, 0.5) is 4.39 Å². The van der Waals surface area contributed by atoms with Gasteiger partial charge in [0.15, 0.2) is 9.84 Å². The zero-order chi connectivity index (χ0) is 20.5. The standard InChI is InChI=1S/C21H21FO5S/c1-4-13-21(2)18(14-5-11-17(12-6-14)28(3,24)25)19(20(23)27-21)26-16-9-7-15(22)8-10-16/h5-12H,4,13H2,1-3H3. The molecule has 3 rings (SSSR count). The van der Waals surface area contributed by atoms with Gasteiger partial charge in [-0.2, -0.15) is 0 Å². The van der Waals surface area contributed by atoms with Crippen molar-refractivity contribution in [3.8, 4) is 5.75 Å². The molecule has 0 fully saturated rings. The van der Waals surface area contributed by atoms with E-state index in [0.29, 0.717) is 23.3 Å². The first-order valence-electron chi connectivity index (χ1n) is 8.86. The van der Waals surface area contributed by atoms with Crippen molar-refractivity contribution in [2.45, 2.75) is 37.2 Å². The topological polar surface area (TPSA) is 69.7 Å². The van der Waals surface area contributed by atoms with E-state index < -0.39 is 27.2 Å². The Morgan fingerprint density at radius 3 is 2.21 bits per heavy atom. The van der Waals surface area contributed by atoms with E-state index in [1.807, 2.05) is 6.92 Å². The molecule has 0 N–H and O–H groups in total. The fraction of sp³-hybridized carbons (Fsp3) is 0.286. The molecule has 0 aromatic heterocycles. The third kappa shape index (κ3) is 3.94. The maximum atomic E-state index is 13.2. The van der Waals surface area contributed by atoms with E-state index >= 15 is 0 Å². The number of benzene rings is 2. The minimum atomic E-state index is -3.34. The summed E-state index contributed by atoms with van der Waals surface area (Å²) in [5.74, 6) is -0.695. The number of carbonyl (C=O) groups excluding carboxylic acids is 1. The van der Waals surface area contributed by atoms with E-state index in [4.69, 9.17) is 9.47 Å². The highest BCUT2D eigenvalue weighted by molar-refractivity contribution is 7.90. The normalized spacial score (nSPS) is 19.6. The van der Waals surface area contributed by atoms with E-state index in [9.17, 15) is 17.6 Å². The van der Waals surface area contributed by atoms with Crippen molar-refractivity contribution in [2.75, 3.05) is 6.26 Å². The number of sulfone groups is 1. The Kier molecular flexibility index (Phi) is 5.30. The molecule has 0 radical (unpaired) electrons. The number of carbonyl (C=O) groups is 1. The van der Waals surface area contributed by atoms with Gasteiger partial charge in [-0.3, -0.25) is 0 Å². The molecule has 0 bridgehead atoms. The van der Waals surface area contributed by atoms with Crippen LogP contribution in [0, 0.1) is 5.82 Å². The summed E-state index contributed by atoms with van der Waals surface area (Å²) in [7, 11) is -3.34. The predicted octanol–water partition coefficient (Wildman–Crippen LogP) is 4.13. The summed E-state index contributed by atoms with van der Waals surface area (Å²) < 4.78 is 48.0. The van der Waals surface area contributed by atoms with Crippen molar-refractivity contribution in [3.05, 3.63) is 65.7 Å². The lowest BCUT2D eigenvalue weighted by atomic mass is 9.86. The van der Waals surface area contributed by atoms with Gasteiger partial charge in [0.25, 0.3) is 0 Å². The van der Waals surface area contributed by atoms with Crippen molar-refractivity contribution in [1.29, 1.82) is 0 Å². The van der Waals surface area contributed by atoms with Crippen molar-refractivity contribution < 1.29 is 27.1 Å². The number of hydrogen-bond acceptors (Lipinski definition) is 5. The zero-order valence-corrected chi connectivity index (χ0v) is 16.7. The molecule has 0 spiro atoms. The molecule has 0 saturated carbocycles. The largest absolute Gasteiger partial charge is 0.449 e. The van der Waals surface area contributed by atoms with Gasteiger partial charge in [0.1, 0.15) is 17.2 Å². The average molecular weight is 404 g/mol. The quantitative estimate of drug-likeness (QED) is 0.677. The van der Waals surface area contributed by atoms with Crippen LogP contribution in [0.3, 0.4) is 0 Å². The minimum absolute atomic E-state index is 0.0228. The van der Waals surface area contributed by atoms with E-state index in [1.165, 1.54) is 36.4 Å². The molecule has 148 valence electrons. The molecule has 1 atom stereocenters. The highest BCUT2D eigenvalue weighted by atomic mass is 32.2. The molecule has 1 aliphatic heterocycles. The summed E-state index contributed by atoms with van der Waals surface area (Å²) in [6.45, 7) is 3.78. The Hall–Kier alpha value is -2.67. The van der Waals surface area contributed by atoms with Gasteiger partial charge in [-0.1, -0.05) is 25.5 Å². The zero-order valence-electron chi connectivity index (χ0n) is 15.9. The molecular weight excluding hydrogens is 383 g/mol. The van der Waals surface area contributed by atoms with Crippen molar-refractivity contribution >= 4 is 21.4 Å². The molecule has 28 heavy (non-hydrogen) atoms. The number of hydrogen-bond donors (Lipinski definition) is 0. The molecular formula is C21H21FO5S. The van der Waals surface area contributed by atoms with Crippen LogP contribution in [0.5, 0.6) is 5.75 Å². The molecule has 1 heterocycles. The summed E-state index contributed by atoms with van der Waals surface area (Å²) in [4.78, 5) is 12.8. The third-order valence-electron chi connectivity index (χ3n) is 4.59. The molecule has 7 heteroatoms. The van der Waals surface area contributed by atoms with Crippen molar-refractivity contribution in [2.24, 2.45) is 0 Å². The molecule has 2 aromatic carbocycles. The van der Waals surface area contributed by atoms with Crippen LogP contribution in [0.1, 0.15) is 32.3 Å². The van der Waals surface area contributed by atoms with Crippen LogP contribution >= 0.6 is 0 Å². The molecule has 0 saturated heterocycles. The second-order valence-electron chi connectivity index (χ2n) is 6.93. The lowest BCUT2D eigenvalue weighted by Crippen LogP contribution is -2.27. The van der Waals surface area contributed by atoms with Crippen LogP contribution in [0.2, 0.25) is 0 Å². The summed E-state index contributed by atoms with van der Waals surface area (Å²) >= 11 is 0. The Morgan fingerprint density at radius 1 is 1.07 bits per heavy atom. The summed E-state index contributed by atoms with van der Waals surface area (Å²) in [5.41, 5.74) is 0.267. The van der Waals surface area contributed by atoms with Gasteiger partial charge in [0.2, 0.25) is 5.76 Å². The predicted molar refractivity (Wildman–Crippen MR) is 103 cm³/mol. The Labute approximate surface area is 163 Å². The summed E-state index contributed by atoms with van der Waals surface area (Å²) in [6, 6.07) is 11.6. The smallest absolute Gasteiger partial charge is 0.375 e. The first kappa shape index (κ1) is 20.1. The van der Waals surface area contributed by atoms with Gasteiger partial charge in [-0.05, 0) is 55.3 Å². The average Bonchev–Trinajstić information content (AvgIpc) is 2.86. The number of ether oxygens (including phenoxy) is 2. The fourth-order valence-electron chi connectivity index (χ4n) is 3.32. The number of halogens is 1. The van der Waals surface area contributed by atoms with Crippen LogP contribution in [-0.2, 0) is 19.4 Å².